The number of rotatable bonds is 5. The summed E-state index contributed by atoms with van der Waals surface area (Å²) in [5.74, 6) is 0.897. The predicted octanol–water partition coefficient (Wildman–Crippen LogP) is 2.79. The van der Waals surface area contributed by atoms with Crippen LogP contribution >= 0.6 is 0 Å². The number of ether oxygens (including phenoxy) is 2. The zero-order valence-electron chi connectivity index (χ0n) is 14.8. The molecule has 1 unspecified atom stereocenters. The largest absolute Gasteiger partial charge is 0.376 e. The molecule has 4 rings (SSSR count). The average Bonchev–Trinajstić information content (AvgIpc) is 3.19. The number of benzene rings is 1. The normalized spacial score (nSPS) is 17.0. The van der Waals surface area contributed by atoms with E-state index in [1.165, 1.54) is 6.07 Å². The third-order valence-electron chi connectivity index (χ3n) is 4.29. The number of anilines is 1. The molecule has 0 radical (unpaired) electrons. The van der Waals surface area contributed by atoms with Gasteiger partial charge in [0.1, 0.15) is 11.6 Å². The molecule has 0 bridgehead atoms. The second-order valence-electron chi connectivity index (χ2n) is 6.26. The lowest BCUT2D eigenvalue weighted by Gasteiger charge is -2.28. The zero-order valence-corrected chi connectivity index (χ0v) is 14.8. The van der Waals surface area contributed by atoms with Crippen molar-refractivity contribution in [2.75, 3.05) is 38.3 Å². The predicted molar refractivity (Wildman–Crippen MR) is 96.8 cm³/mol. The fraction of sp³-hybridized carbons (Fsp3) is 0.316. The van der Waals surface area contributed by atoms with Gasteiger partial charge in [0.2, 0.25) is 5.82 Å². The van der Waals surface area contributed by atoms with Crippen LogP contribution in [0.5, 0.6) is 0 Å². The Hall–Kier alpha value is -2.84. The highest BCUT2D eigenvalue weighted by molar-refractivity contribution is 5.60. The molecule has 7 nitrogen and oxygen atoms in total. The molecule has 1 aliphatic rings. The van der Waals surface area contributed by atoms with E-state index in [4.69, 9.17) is 14.0 Å². The summed E-state index contributed by atoms with van der Waals surface area (Å²) < 4.78 is 30.2. The van der Waals surface area contributed by atoms with Gasteiger partial charge in [-0.1, -0.05) is 17.3 Å². The molecule has 1 aromatic carbocycles. The van der Waals surface area contributed by atoms with Gasteiger partial charge in [0, 0.05) is 19.8 Å². The van der Waals surface area contributed by atoms with E-state index < -0.39 is 5.82 Å². The molecular formula is C19H19FN4O3. The summed E-state index contributed by atoms with van der Waals surface area (Å²) in [5.41, 5.74) is 0.964. The number of halogens is 1. The van der Waals surface area contributed by atoms with Crippen molar-refractivity contribution in [1.82, 2.24) is 15.1 Å². The molecule has 0 spiro atoms. The smallest absolute Gasteiger partial charge is 0.259 e. The van der Waals surface area contributed by atoms with Gasteiger partial charge in [0.15, 0.2) is 0 Å². The van der Waals surface area contributed by atoms with Crippen LogP contribution in [0.25, 0.3) is 22.8 Å². The first kappa shape index (κ1) is 17.6. The Balaban J connectivity index is 1.47. The summed E-state index contributed by atoms with van der Waals surface area (Å²) in [6.07, 6.45) is 1.69. The molecule has 27 heavy (non-hydrogen) atoms. The maximum Gasteiger partial charge on any atom is 0.259 e. The van der Waals surface area contributed by atoms with E-state index in [-0.39, 0.29) is 11.9 Å². The van der Waals surface area contributed by atoms with Crippen molar-refractivity contribution in [2.24, 2.45) is 0 Å². The lowest BCUT2D eigenvalue weighted by molar-refractivity contribution is -0.0837. The highest BCUT2D eigenvalue weighted by Gasteiger charge is 2.18. The standard InChI is InChI=1S/C19H19FN4O3/c1-24(11-14-12-25-8-9-26-14)17-7-6-13(10-21-17)19-22-18(23-27-19)15-4-2-3-5-16(15)20/h2-7,10,14H,8-9,11-12H2,1H3. The van der Waals surface area contributed by atoms with Crippen molar-refractivity contribution in [2.45, 2.75) is 6.10 Å². The quantitative estimate of drug-likeness (QED) is 0.684. The molecule has 3 heterocycles. The van der Waals surface area contributed by atoms with Crippen LogP contribution < -0.4 is 4.90 Å². The maximum absolute atomic E-state index is 13.9. The van der Waals surface area contributed by atoms with E-state index >= 15 is 0 Å². The summed E-state index contributed by atoms with van der Waals surface area (Å²) in [5, 5.41) is 3.86. The van der Waals surface area contributed by atoms with Crippen molar-refractivity contribution in [3.8, 4) is 22.8 Å². The number of hydrogen-bond donors (Lipinski definition) is 0. The molecular weight excluding hydrogens is 351 g/mol. The second-order valence-corrected chi connectivity index (χ2v) is 6.26. The molecule has 2 aromatic heterocycles. The van der Waals surface area contributed by atoms with Crippen LogP contribution in [0.1, 0.15) is 0 Å². The summed E-state index contributed by atoms with van der Waals surface area (Å²) in [4.78, 5) is 10.7. The lowest BCUT2D eigenvalue weighted by Crippen LogP contribution is -2.38. The molecule has 140 valence electrons. The van der Waals surface area contributed by atoms with Gasteiger partial charge in [-0.25, -0.2) is 9.37 Å². The topological polar surface area (TPSA) is 73.5 Å². The van der Waals surface area contributed by atoms with Gasteiger partial charge in [0.25, 0.3) is 5.89 Å². The van der Waals surface area contributed by atoms with E-state index in [0.717, 1.165) is 5.82 Å². The minimum atomic E-state index is -0.395. The van der Waals surface area contributed by atoms with Crippen molar-refractivity contribution in [3.63, 3.8) is 0 Å². The Morgan fingerprint density at radius 2 is 2.07 bits per heavy atom. The van der Waals surface area contributed by atoms with Crippen molar-refractivity contribution in [1.29, 1.82) is 0 Å². The molecule has 1 saturated heterocycles. The SMILES string of the molecule is CN(CC1COCCO1)c1ccc(-c2nc(-c3ccccc3F)no2)cn1. The van der Waals surface area contributed by atoms with Crippen LogP contribution in [0.4, 0.5) is 10.2 Å². The molecule has 0 amide bonds. The van der Waals surface area contributed by atoms with Crippen LogP contribution in [0.2, 0.25) is 0 Å². The van der Waals surface area contributed by atoms with Gasteiger partial charge in [-0.3, -0.25) is 0 Å². The Kier molecular flexibility index (Phi) is 5.08. The van der Waals surface area contributed by atoms with E-state index in [1.807, 2.05) is 24.1 Å². The second kappa shape index (κ2) is 7.81. The Morgan fingerprint density at radius 1 is 1.19 bits per heavy atom. The van der Waals surface area contributed by atoms with Gasteiger partial charge < -0.3 is 18.9 Å². The van der Waals surface area contributed by atoms with Crippen LogP contribution in [0.3, 0.4) is 0 Å². The van der Waals surface area contributed by atoms with E-state index in [2.05, 4.69) is 15.1 Å². The average molecular weight is 370 g/mol. The lowest BCUT2D eigenvalue weighted by atomic mass is 10.2. The summed E-state index contributed by atoms with van der Waals surface area (Å²) in [6, 6.07) is 10.0. The van der Waals surface area contributed by atoms with Crippen molar-refractivity contribution < 1.29 is 18.4 Å². The van der Waals surface area contributed by atoms with Crippen molar-refractivity contribution >= 4 is 5.82 Å². The fourth-order valence-corrected chi connectivity index (χ4v) is 2.87. The Bertz CT molecular complexity index is 894. The fourth-order valence-electron chi connectivity index (χ4n) is 2.87. The molecule has 8 heteroatoms. The minimum absolute atomic E-state index is 0.0319. The van der Waals surface area contributed by atoms with Gasteiger partial charge in [-0.15, -0.1) is 0 Å². The van der Waals surface area contributed by atoms with E-state index in [0.29, 0.717) is 43.4 Å². The summed E-state index contributed by atoms with van der Waals surface area (Å²) >= 11 is 0. The van der Waals surface area contributed by atoms with Crippen LogP contribution in [0, 0.1) is 5.82 Å². The van der Waals surface area contributed by atoms with Crippen molar-refractivity contribution in [3.05, 3.63) is 48.4 Å². The first-order valence-electron chi connectivity index (χ1n) is 8.66. The minimum Gasteiger partial charge on any atom is -0.376 e. The molecule has 0 saturated carbocycles. The highest BCUT2D eigenvalue weighted by atomic mass is 19.1. The monoisotopic (exact) mass is 370 g/mol. The van der Waals surface area contributed by atoms with Gasteiger partial charge in [-0.2, -0.15) is 4.98 Å². The zero-order chi connectivity index (χ0) is 18.6. The first-order chi connectivity index (χ1) is 13.2. The maximum atomic E-state index is 13.9. The Morgan fingerprint density at radius 3 is 2.81 bits per heavy atom. The van der Waals surface area contributed by atoms with Gasteiger partial charge in [-0.05, 0) is 24.3 Å². The molecule has 1 atom stereocenters. The number of aromatic nitrogens is 3. The van der Waals surface area contributed by atoms with Crippen LogP contribution in [-0.2, 0) is 9.47 Å². The number of likely N-dealkylation sites (N-methyl/N-ethyl adjacent to an activating group) is 1. The number of nitrogens with zero attached hydrogens (tertiary/aromatic N) is 4. The molecule has 1 aliphatic heterocycles. The third kappa shape index (κ3) is 3.96. The van der Waals surface area contributed by atoms with E-state index in [1.54, 1.807) is 24.4 Å². The third-order valence-corrected chi connectivity index (χ3v) is 4.29. The van der Waals surface area contributed by atoms with E-state index in [9.17, 15) is 4.39 Å². The molecule has 1 fully saturated rings. The van der Waals surface area contributed by atoms with Gasteiger partial charge >= 0.3 is 0 Å². The first-order valence-corrected chi connectivity index (χ1v) is 8.66. The molecule has 0 N–H and O–H groups in total. The van der Waals surface area contributed by atoms with Gasteiger partial charge in [0.05, 0.1) is 37.1 Å². The number of hydrogen-bond acceptors (Lipinski definition) is 7. The molecule has 0 aliphatic carbocycles. The highest BCUT2D eigenvalue weighted by Crippen LogP contribution is 2.24. The molecule has 3 aromatic rings. The summed E-state index contributed by atoms with van der Waals surface area (Å²) in [7, 11) is 1.95. The summed E-state index contributed by atoms with van der Waals surface area (Å²) in [6.45, 7) is 2.53. The van der Waals surface area contributed by atoms with Crippen LogP contribution in [0.15, 0.2) is 47.1 Å². The van der Waals surface area contributed by atoms with Crippen LogP contribution in [-0.4, -0.2) is 54.6 Å². The Labute approximate surface area is 155 Å². The number of pyridine rings is 1.